The molecule has 6 aromatic heterocycles. The molecule has 6 aromatic rings. The van der Waals surface area contributed by atoms with Gasteiger partial charge in [0.15, 0.2) is 0 Å². The molecule has 0 atom stereocenters. The number of aliphatic carboxylic acids is 2. The van der Waals surface area contributed by atoms with Crippen LogP contribution in [0, 0.1) is 13.8 Å². The average Bonchev–Trinajstić information content (AvgIpc) is 4.17. The Morgan fingerprint density at radius 3 is 1.50 bits per heavy atom. The molecule has 0 fully saturated rings. The SMILES string of the molecule is C1=Cc2cc3ccc(cc4nc(cc5ccc(cc1n2)[nH]5)C=C4)[nH]3.C=CC1=C(C)c2cc3[nH]c(cc4nc(cc5[nH]c(cc1n2)c(C)c5CCC(=O)O)C(CCC(=O)O)=C4C)c(C)c3C=C. The zero-order valence-electron chi connectivity index (χ0n) is 37.1. The maximum atomic E-state index is 11.5. The lowest BCUT2D eigenvalue weighted by atomic mass is 10.0. The summed E-state index contributed by atoms with van der Waals surface area (Å²) >= 11 is 0. The van der Waals surface area contributed by atoms with Crippen molar-refractivity contribution in [1.82, 2.24) is 39.9 Å². The highest BCUT2D eigenvalue weighted by atomic mass is 16.4. The van der Waals surface area contributed by atoms with Crippen molar-refractivity contribution in [3.8, 4) is 0 Å². The third-order valence-electron chi connectivity index (χ3n) is 12.3. The fraction of sp³-hybridized carbons (Fsp3) is 0.148. The molecule has 66 heavy (non-hydrogen) atoms. The molecule has 16 bridgehead atoms. The van der Waals surface area contributed by atoms with Gasteiger partial charge >= 0.3 is 11.9 Å². The van der Waals surface area contributed by atoms with Crippen molar-refractivity contribution in [1.29, 1.82) is 0 Å². The van der Waals surface area contributed by atoms with Gasteiger partial charge in [0.2, 0.25) is 0 Å². The highest BCUT2D eigenvalue weighted by molar-refractivity contribution is 5.98. The van der Waals surface area contributed by atoms with Crippen LogP contribution in [-0.4, -0.2) is 62.0 Å². The number of rotatable bonds is 8. The van der Waals surface area contributed by atoms with E-state index < -0.39 is 11.9 Å². The summed E-state index contributed by atoms with van der Waals surface area (Å²) in [6.45, 7) is 16.0. The van der Waals surface area contributed by atoms with Crippen molar-refractivity contribution in [2.24, 2.45) is 0 Å². The molecule has 0 aliphatic carbocycles. The maximum absolute atomic E-state index is 11.5. The molecule has 0 saturated heterocycles. The minimum Gasteiger partial charge on any atom is -0.481 e. The Morgan fingerprint density at radius 2 is 0.970 bits per heavy atom. The lowest BCUT2D eigenvalue weighted by molar-refractivity contribution is -0.137. The van der Waals surface area contributed by atoms with Crippen molar-refractivity contribution >= 4 is 109 Å². The Hall–Kier alpha value is -8.38. The van der Waals surface area contributed by atoms with E-state index >= 15 is 0 Å². The molecule has 12 heteroatoms. The van der Waals surface area contributed by atoms with Gasteiger partial charge in [0.25, 0.3) is 0 Å². The van der Waals surface area contributed by atoms with Crippen molar-refractivity contribution in [2.75, 3.05) is 0 Å². The van der Waals surface area contributed by atoms with Crippen molar-refractivity contribution in [3.05, 3.63) is 160 Å². The van der Waals surface area contributed by atoms with Gasteiger partial charge in [0.05, 0.1) is 45.6 Å². The van der Waals surface area contributed by atoms with Gasteiger partial charge in [0, 0.05) is 68.1 Å². The van der Waals surface area contributed by atoms with Gasteiger partial charge in [-0.2, -0.15) is 0 Å². The maximum Gasteiger partial charge on any atom is 0.303 e. The zero-order chi connectivity index (χ0) is 46.2. The summed E-state index contributed by atoms with van der Waals surface area (Å²) in [5.41, 5.74) is 21.6. The van der Waals surface area contributed by atoms with Gasteiger partial charge in [-0.25, -0.2) is 19.9 Å². The molecular formula is C54H48N8O4. The number of nitrogens with zero attached hydrogens (tertiary/aromatic N) is 4. The molecule has 0 unspecified atom stereocenters. The van der Waals surface area contributed by atoms with E-state index in [1.165, 1.54) is 0 Å². The third-order valence-corrected chi connectivity index (χ3v) is 12.3. The van der Waals surface area contributed by atoms with Crippen LogP contribution in [0.3, 0.4) is 0 Å². The zero-order valence-corrected chi connectivity index (χ0v) is 37.1. The standard InChI is InChI=1S/C34H34N4O4.C20H14N4/c1-7-21-17(3)25-13-26-19(5)23(9-11-33(39)40)31(37-26)16-32-24(10-12-34(41)42)20(6)28(38-32)15-30-22(8-2)18(4)27(36-30)14-29(21)35-25;1-2-14-10-16-5-6-18(23-16)12-20-8-7-19(24-20)11-17-4-3-15(22-17)9-13(1)21-14/h7-8,13-16,35,38H,1-2,9-12H2,3-6H3,(H,39,40)(H,41,42);1-12,21,24H. The van der Waals surface area contributed by atoms with Crippen LogP contribution in [0.15, 0.2) is 92.0 Å². The number of carboxylic acid groups (broad SMARTS) is 2. The monoisotopic (exact) mass is 872 g/mol. The number of aromatic amines is 4. The molecule has 0 spiro atoms. The van der Waals surface area contributed by atoms with Crippen LogP contribution in [0.2, 0.25) is 0 Å². The van der Waals surface area contributed by atoms with Gasteiger partial charge in [-0.3, -0.25) is 9.59 Å². The van der Waals surface area contributed by atoms with Gasteiger partial charge in [-0.15, -0.1) is 0 Å². The summed E-state index contributed by atoms with van der Waals surface area (Å²) in [5.74, 6) is -1.76. The number of hydrogen-bond donors (Lipinski definition) is 6. The van der Waals surface area contributed by atoms with E-state index in [0.717, 1.165) is 129 Å². The Kier molecular flexibility index (Phi) is 11.5. The van der Waals surface area contributed by atoms with Crippen LogP contribution >= 0.6 is 0 Å². The van der Waals surface area contributed by atoms with E-state index in [9.17, 15) is 19.8 Å². The second-order valence-corrected chi connectivity index (χ2v) is 16.6. The van der Waals surface area contributed by atoms with Crippen LogP contribution < -0.4 is 0 Å². The fourth-order valence-electron chi connectivity index (χ4n) is 8.71. The molecule has 0 amide bonds. The second kappa shape index (κ2) is 17.6. The first-order chi connectivity index (χ1) is 31.8. The van der Waals surface area contributed by atoms with Crippen LogP contribution in [0.4, 0.5) is 0 Å². The minimum atomic E-state index is -0.883. The van der Waals surface area contributed by atoms with Crippen molar-refractivity contribution in [3.63, 3.8) is 0 Å². The Morgan fingerprint density at radius 1 is 0.515 bits per heavy atom. The number of aryl methyl sites for hydroxylation is 3. The van der Waals surface area contributed by atoms with Crippen LogP contribution in [0.5, 0.6) is 0 Å². The summed E-state index contributed by atoms with van der Waals surface area (Å²) in [4.78, 5) is 56.0. The molecule has 0 saturated carbocycles. The predicted molar refractivity (Wildman–Crippen MR) is 267 cm³/mol. The smallest absolute Gasteiger partial charge is 0.303 e. The summed E-state index contributed by atoms with van der Waals surface area (Å²) < 4.78 is 0. The summed E-state index contributed by atoms with van der Waals surface area (Å²) in [7, 11) is 0. The van der Waals surface area contributed by atoms with E-state index in [0.29, 0.717) is 18.5 Å². The first kappa shape index (κ1) is 42.9. The number of carbonyl (C=O) groups is 2. The van der Waals surface area contributed by atoms with Gasteiger partial charge in [-0.05, 0) is 171 Å². The molecule has 10 rings (SSSR count). The van der Waals surface area contributed by atoms with Crippen LogP contribution in [0.25, 0.3) is 96.8 Å². The molecular weight excluding hydrogens is 825 g/mol. The summed E-state index contributed by atoms with van der Waals surface area (Å²) in [6.07, 6.45) is 12.3. The van der Waals surface area contributed by atoms with E-state index in [1.54, 1.807) is 6.08 Å². The lowest BCUT2D eigenvalue weighted by Crippen LogP contribution is -1.98. The molecule has 0 aromatic carbocycles. The van der Waals surface area contributed by atoms with E-state index in [2.05, 4.69) is 67.3 Å². The molecule has 10 heterocycles. The van der Waals surface area contributed by atoms with Gasteiger partial charge in [-0.1, -0.05) is 25.3 Å². The Bertz CT molecular complexity index is 3360. The van der Waals surface area contributed by atoms with Crippen LogP contribution in [0.1, 0.15) is 101 Å². The van der Waals surface area contributed by atoms with Crippen molar-refractivity contribution in [2.45, 2.75) is 53.4 Å². The van der Waals surface area contributed by atoms with Crippen LogP contribution in [-0.2, 0) is 16.0 Å². The number of allylic oxidation sites excluding steroid dienone is 5. The van der Waals surface area contributed by atoms with E-state index in [4.69, 9.17) is 9.97 Å². The molecule has 4 aliphatic rings. The first-order valence-electron chi connectivity index (χ1n) is 21.7. The second-order valence-electron chi connectivity index (χ2n) is 16.6. The first-order valence-corrected chi connectivity index (χ1v) is 21.7. The molecule has 0 radical (unpaired) electrons. The highest BCUT2D eigenvalue weighted by Crippen LogP contribution is 2.36. The summed E-state index contributed by atoms with van der Waals surface area (Å²) in [6, 6.07) is 24.2. The Balaban J connectivity index is 0.000000191. The predicted octanol–water partition coefficient (Wildman–Crippen LogP) is 12.2. The topological polar surface area (TPSA) is 189 Å². The molecule has 12 nitrogen and oxygen atoms in total. The van der Waals surface area contributed by atoms with Gasteiger partial charge in [0.1, 0.15) is 0 Å². The average molecular weight is 873 g/mol. The Labute approximate surface area is 380 Å². The van der Waals surface area contributed by atoms with E-state index in [1.807, 2.05) is 107 Å². The van der Waals surface area contributed by atoms with Gasteiger partial charge < -0.3 is 30.1 Å². The number of nitrogens with one attached hydrogen (secondary N) is 4. The molecule has 4 aliphatic heterocycles. The largest absolute Gasteiger partial charge is 0.481 e. The highest BCUT2D eigenvalue weighted by Gasteiger charge is 2.21. The quantitative estimate of drug-likeness (QED) is 0.0869. The fourth-order valence-corrected chi connectivity index (χ4v) is 8.71. The number of fused-ring (bicyclic) bond motifs is 16. The lowest BCUT2D eigenvalue weighted by Gasteiger charge is -2.03. The van der Waals surface area contributed by atoms with E-state index in [-0.39, 0.29) is 12.8 Å². The van der Waals surface area contributed by atoms with Crippen molar-refractivity contribution < 1.29 is 19.8 Å². The molecule has 6 N–H and O–H groups in total. The molecule has 328 valence electrons. The number of hydrogen-bond acceptors (Lipinski definition) is 6. The number of H-pyrrole nitrogens is 4. The third kappa shape index (κ3) is 8.76. The minimum absolute atomic E-state index is 0.0259. The number of carboxylic acids is 2. The number of aromatic nitrogens is 8. The normalized spacial score (nSPS) is 12.9. The summed E-state index contributed by atoms with van der Waals surface area (Å²) in [5, 5.41) is 18.9.